The fraction of sp³-hybridized carbons (Fsp3) is 0.462. The van der Waals surface area contributed by atoms with Crippen LogP contribution in [0.3, 0.4) is 0 Å². The Morgan fingerprint density at radius 3 is 2.38 bits per heavy atom. The number of rotatable bonds is 13. The molecule has 202 valence electrons. The zero-order valence-corrected chi connectivity index (χ0v) is 22.5. The number of anilines is 1. The van der Waals surface area contributed by atoms with Crippen molar-refractivity contribution in [3.8, 4) is 17.2 Å². The minimum absolute atomic E-state index is 0.0406. The van der Waals surface area contributed by atoms with Gasteiger partial charge in [0.15, 0.2) is 11.5 Å². The second-order valence-electron chi connectivity index (χ2n) is 8.53. The van der Waals surface area contributed by atoms with E-state index in [1.165, 1.54) is 11.8 Å². The molecule has 0 aliphatic carbocycles. The highest BCUT2D eigenvalue weighted by atomic mass is 32.2. The first-order valence-electron chi connectivity index (χ1n) is 12.3. The minimum atomic E-state index is -3.84. The lowest BCUT2D eigenvalue weighted by Gasteiger charge is -2.33. The molecule has 0 radical (unpaired) electrons. The van der Waals surface area contributed by atoms with Crippen LogP contribution in [-0.2, 0) is 26.2 Å². The molecule has 0 bridgehead atoms. The Kier molecular flexibility index (Phi) is 9.62. The molecule has 1 heterocycles. The number of benzene rings is 2. The molecule has 1 atom stereocenters. The van der Waals surface area contributed by atoms with Crippen LogP contribution < -0.4 is 23.8 Å². The van der Waals surface area contributed by atoms with Crippen molar-refractivity contribution in [2.45, 2.75) is 46.2 Å². The highest BCUT2D eigenvalue weighted by Gasteiger charge is 2.33. The lowest BCUT2D eigenvalue weighted by Crippen LogP contribution is -2.52. The van der Waals surface area contributed by atoms with Crippen molar-refractivity contribution in [1.29, 1.82) is 0 Å². The molecule has 0 unspecified atom stereocenters. The molecule has 11 heteroatoms. The number of nitrogens with one attached hydrogen (secondary N) is 1. The SMILES string of the molecule is CCCNC(=O)[C@@H](CC)N(Cc1ccc(OC)cc1)C(=O)CN(c1ccc2c(c1)OCO2)S(=O)(=O)CC. The maximum Gasteiger partial charge on any atom is 0.244 e. The molecular weight excluding hydrogens is 498 g/mol. The molecule has 37 heavy (non-hydrogen) atoms. The molecule has 2 aromatic rings. The van der Waals surface area contributed by atoms with Crippen LogP contribution in [0.25, 0.3) is 0 Å². The van der Waals surface area contributed by atoms with Gasteiger partial charge in [-0.2, -0.15) is 0 Å². The summed E-state index contributed by atoms with van der Waals surface area (Å²) >= 11 is 0. The monoisotopic (exact) mass is 533 g/mol. The average molecular weight is 534 g/mol. The molecule has 0 saturated carbocycles. The van der Waals surface area contributed by atoms with Crippen LogP contribution in [0.2, 0.25) is 0 Å². The van der Waals surface area contributed by atoms with E-state index in [0.717, 1.165) is 16.3 Å². The van der Waals surface area contributed by atoms with E-state index in [9.17, 15) is 18.0 Å². The molecule has 1 N–H and O–H groups in total. The van der Waals surface area contributed by atoms with Crippen LogP contribution in [0, 0.1) is 0 Å². The van der Waals surface area contributed by atoms with Crippen LogP contribution in [-0.4, -0.2) is 63.9 Å². The van der Waals surface area contributed by atoms with Gasteiger partial charge in [-0.3, -0.25) is 13.9 Å². The molecule has 3 rings (SSSR count). The summed E-state index contributed by atoms with van der Waals surface area (Å²) in [4.78, 5) is 28.3. The molecule has 0 fully saturated rings. The Morgan fingerprint density at radius 1 is 1.05 bits per heavy atom. The maximum absolute atomic E-state index is 13.8. The Hall–Kier alpha value is -3.47. The summed E-state index contributed by atoms with van der Waals surface area (Å²) in [7, 11) is -2.27. The zero-order chi connectivity index (χ0) is 27.0. The number of methoxy groups -OCH3 is 1. The summed E-state index contributed by atoms with van der Waals surface area (Å²) in [5.41, 5.74) is 1.07. The van der Waals surface area contributed by atoms with Gasteiger partial charge in [-0.1, -0.05) is 26.0 Å². The molecule has 2 amide bonds. The topological polar surface area (TPSA) is 114 Å². The lowest BCUT2D eigenvalue weighted by atomic mass is 10.1. The molecule has 0 spiro atoms. The van der Waals surface area contributed by atoms with Gasteiger partial charge in [0, 0.05) is 19.2 Å². The third-order valence-corrected chi connectivity index (χ3v) is 7.81. The van der Waals surface area contributed by atoms with Gasteiger partial charge in [-0.15, -0.1) is 0 Å². The third kappa shape index (κ3) is 6.85. The van der Waals surface area contributed by atoms with Gasteiger partial charge in [0.05, 0.1) is 18.6 Å². The van der Waals surface area contributed by atoms with Crippen LogP contribution in [0.4, 0.5) is 5.69 Å². The predicted molar refractivity (Wildman–Crippen MR) is 140 cm³/mol. The van der Waals surface area contributed by atoms with Crippen molar-refractivity contribution in [2.24, 2.45) is 0 Å². The highest BCUT2D eigenvalue weighted by Crippen LogP contribution is 2.36. The second-order valence-corrected chi connectivity index (χ2v) is 10.7. The van der Waals surface area contributed by atoms with E-state index < -0.39 is 28.5 Å². The van der Waals surface area contributed by atoms with Crippen molar-refractivity contribution in [2.75, 3.05) is 37.1 Å². The molecule has 2 aromatic carbocycles. The van der Waals surface area contributed by atoms with Crippen LogP contribution in [0.5, 0.6) is 17.2 Å². The number of fused-ring (bicyclic) bond motifs is 1. The molecule has 0 saturated heterocycles. The molecule has 0 aromatic heterocycles. The number of hydrogen-bond acceptors (Lipinski definition) is 7. The molecular formula is C26H35N3O7S. The van der Waals surface area contributed by atoms with Crippen molar-refractivity contribution in [1.82, 2.24) is 10.2 Å². The van der Waals surface area contributed by atoms with E-state index in [2.05, 4.69) is 5.32 Å². The van der Waals surface area contributed by atoms with Gasteiger partial charge < -0.3 is 24.4 Å². The summed E-state index contributed by atoms with van der Waals surface area (Å²) < 4.78 is 43.2. The van der Waals surface area contributed by atoms with Crippen LogP contribution in [0.15, 0.2) is 42.5 Å². The van der Waals surface area contributed by atoms with E-state index in [0.29, 0.717) is 30.2 Å². The molecule has 10 nitrogen and oxygen atoms in total. The number of nitrogens with zero attached hydrogens (tertiary/aromatic N) is 2. The fourth-order valence-corrected chi connectivity index (χ4v) is 5.03. The maximum atomic E-state index is 13.8. The summed E-state index contributed by atoms with van der Waals surface area (Å²) in [6.45, 7) is 5.46. The van der Waals surface area contributed by atoms with Crippen molar-refractivity contribution in [3.05, 3.63) is 48.0 Å². The fourth-order valence-electron chi connectivity index (χ4n) is 3.97. The predicted octanol–water partition coefficient (Wildman–Crippen LogP) is 2.91. The lowest BCUT2D eigenvalue weighted by molar-refractivity contribution is -0.140. The Bertz CT molecular complexity index is 1190. The third-order valence-electron chi connectivity index (χ3n) is 6.07. The van der Waals surface area contributed by atoms with E-state index >= 15 is 0 Å². The first kappa shape index (κ1) is 28.1. The summed E-state index contributed by atoms with van der Waals surface area (Å²) in [6.07, 6.45) is 1.11. The summed E-state index contributed by atoms with van der Waals surface area (Å²) in [5.74, 6) is 0.590. The van der Waals surface area contributed by atoms with Crippen molar-refractivity contribution >= 4 is 27.5 Å². The Morgan fingerprint density at radius 2 is 1.76 bits per heavy atom. The van der Waals surface area contributed by atoms with Gasteiger partial charge in [0.1, 0.15) is 18.3 Å². The van der Waals surface area contributed by atoms with E-state index in [4.69, 9.17) is 14.2 Å². The van der Waals surface area contributed by atoms with Crippen molar-refractivity contribution < 1.29 is 32.2 Å². The van der Waals surface area contributed by atoms with Gasteiger partial charge in [0.25, 0.3) is 0 Å². The standard InChI is InChI=1S/C26H35N3O7S/c1-5-14-27-26(31)22(6-2)28(16-19-8-11-21(34-4)12-9-19)25(30)17-29(37(32,33)7-3)20-10-13-23-24(15-20)36-18-35-23/h8-13,15,22H,5-7,14,16-18H2,1-4H3,(H,27,31)/t22-/m1/s1. The Labute approximate surface area is 218 Å². The van der Waals surface area contributed by atoms with E-state index in [1.54, 1.807) is 37.4 Å². The Balaban J connectivity index is 1.95. The number of amides is 2. The number of carbonyl (C=O) groups is 2. The quantitative estimate of drug-likeness (QED) is 0.421. The van der Waals surface area contributed by atoms with Gasteiger partial charge in [-0.25, -0.2) is 8.42 Å². The summed E-state index contributed by atoms with van der Waals surface area (Å²) in [6, 6.07) is 11.1. The van der Waals surface area contributed by atoms with Gasteiger partial charge >= 0.3 is 0 Å². The van der Waals surface area contributed by atoms with Crippen LogP contribution >= 0.6 is 0 Å². The smallest absolute Gasteiger partial charge is 0.244 e. The number of ether oxygens (including phenoxy) is 3. The number of carbonyl (C=O) groups excluding carboxylic acids is 2. The van der Waals surface area contributed by atoms with E-state index in [1.807, 2.05) is 26.0 Å². The average Bonchev–Trinajstić information content (AvgIpc) is 3.38. The van der Waals surface area contributed by atoms with Crippen LogP contribution in [0.1, 0.15) is 39.2 Å². The normalized spacial score (nSPS) is 13.1. The summed E-state index contributed by atoms with van der Waals surface area (Å²) in [5, 5.41) is 2.86. The largest absolute Gasteiger partial charge is 0.497 e. The van der Waals surface area contributed by atoms with Crippen molar-refractivity contribution in [3.63, 3.8) is 0 Å². The van der Waals surface area contributed by atoms with Gasteiger partial charge in [0.2, 0.25) is 28.6 Å². The minimum Gasteiger partial charge on any atom is -0.497 e. The number of hydrogen-bond donors (Lipinski definition) is 1. The molecule has 1 aliphatic heterocycles. The van der Waals surface area contributed by atoms with Gasteiger partial charge in [-0.05, 0) is 49.6 Å². The molecule has 1 aliphatic rings. The highest BCUT2D eigenvalue weighted by molar-refractivity contribution is 7.92. The second kappa shape index (κ2) is 12.7. The first-order chi connectivity index (χ1) is 17.7. The number of sulfonamides is 1. The zero-order valence-electron chi connectivity index (χ0n) is 21.7. The first-order valence-corrected chi connectivity index (χ1v) is 13.9. The van der Waals surface area contributed by atoms with E-state index in [-0.39, 0.29) is 30.7 Å².